The summed E-state index contributed by atoms with van der Waals surface area (Å²) in [5.74, 6) is -0.143. The topological polar surface area (TPSA) is 132 Å². The van der Waals surface area contributed by atoms with Crippen molar-refractivity contribution in [2.24, 2.45) is 0 Å². The Morgan fingerprint density at radius 2 is 1.62 bits per heavy atom. The molecule has 2 aromatic heterocycles. The molecule has 0 bridgehead atoms. The zero-order chi connectivity index (χ0) is 32.3. The molecule has 3 aliphatic heterocycles. The first kappa shape index (κ1) is 31.2. The predicted molar refractivity (Wildman–Crippen MR) is 178 cm³/mol. The number of H-pyrrole nitrogens is 2. The molecule has 3 saturated heterocycles. The number of ether oxygens (including phenoxy) is 1. The van der Waals surface area contributed by atoms with Crippen LogP contribution >= 0.6 is 0 Å². The van der Waals surface area contributed by atoms with Crippen LogP contribution in [0.25, 0.3) is 22.3 Å². The van der Waals surface area contributed by atoms with E-state index in [4.69, 9.17) is 4.74 Å². The Labute approximate surface area is 274 Å². The van der Waals surface area contributed by atoms with Gasteiger partial charge in [-0.3, -0.25) is 14.5 Å². The number of imidazole rings is 1. The Morgan fingerprint density at radius 1 is 0.915 bits per heavy atom. The van der Waals surface area contributed by atoms with Gasteiger partial charge in [-0.15, -0.1) is 5.10 Å². The maximum absolute atomic E-state index is 14.0. The summed E-state index contributed by atoms with van der Waals surface area (Å²) in [4.78, 5) is 49.6. The fraction of sp³-hybridized carbons (Fsp3) is 0.514. The number of benzene rings is 2. The smallest absolute Gasteiger partial charge is 0.410 e. The van der Waals surface area contributed by atoms with Crippen LogP contribution < -0.4 is 5.69 Å². The highest BCUT2D eigenvalue weighted by Gasteiger charge is 2.35. The molecule has 4 aromatic rings. The number of amides is 2. The van der Waals surface area contributed by atoms with Gasteiger partial charge in [0.2, 0.25) is 0 Å². The van der Waals surface area contributed by atoms with Gasteiger partial charge >= 0.3 is 11.8 Å². The number of hydrogen-bond acceptors (Lipinski definition) is 7. The SMILES string of the molecule is Cc1cc(CC(OC(=O)N2CCC(n3cc(-c4ccccc4)[nH]c3=O)CC2)C(=O)N2CCC(N3CCCCC3)CC2)cc2nn[nH]c12. The number of hydrogen-bond donors (Lipinski definition) is 2. The minimum atomic E-state index is -0.948. The molecular weight excluding hydrogens is 596 g/mol. The summed E-state index contributed by atoms with van der Waals surface area (Å²) in [6.07, 6.45) is 7.61. The van der Waals surface area contributed by atoms with Gasteiger partial charge in [0.15, 0.2) is 6.10 Å². The van der Waals surface area contributed by atoms with E-state index < -0.39 is 12.2 Å². The predicted octanol–water partition coefficient (Wildman–Crippen LogP) is 4.28. The van der Waals surface area contributed by atoms with Crippen LogP contribution in [0.1, 0.15) is 62.1 Å². The normalized spacial score (nSPS) is 19.3. The lowest BCUT2D eigenvalue weighted by Gasteiger charge is -2.41. The molecule has 3 fully saturated rings. The minimum absolute atomic E-state index is 0.0314. The van der Waals surface area contributed by atoms with Crippen molar-refractivity contribution in [3.63, 3.8) is 0 Å². The monoisotopic (exact) mass is 640 g/mol. The highest BCUT2D eigenvalue weighted by molar-refractivity contribution is 5.84. The lowest BCUT2D eigenvalue weighted by atomic mass is 9.98. The Morgan fingerprint density at radius 3 is 2.36 bits per heavy atom. The Kier molecular flexibility index (Phi) is 9.10. The molecule has 1 atom stereocenters. The summed E-state index contributed by atoms with van der Waals surface area (Å²) in [5.41, 5.74) is 4.99. The maximum atomic E-state index is 14.0. The molecule has 12 nitrogen and oxygen atoms in total. The molecule has 2 aromatic carbocycles. The quantitative estimate of drug-likeness (QED) is 0.308. The molecule has 0 spiro atoms. The summed E-state index contributed by atoms with van der Waals surface area (Å²) in [6.45, 7) is 6.47. The van der Waals surface area contributed by atoms with E-state index in [0.717, 1.165) is 59.3 Å². The minimum Gasteiger partial charge on any atom is -0.436 e. The average molecular weight is 641 g/mol. The first-order valence-electron chi connectivity index (χ1n) is 17.1. The number of piperidine rings is 3. The summed E-state index contributed by atoms with van der Waals surface area (Å²) in [7, 11) is 0. The molecule has 5 heterocycles. The molecule has 248 valence electrons. The lowest BCUT2D eigenvalue weighted by molar-refractivity contribution is -0.142. The summed E-state index contributed by atoms with van der Waals surface area (Å²) < 4.78 is 7.82. The van der Waals surface area contributed by atoms with Gasteiger partial charge in [-0.1, -0.05) is 48.0 Å². The first-order chi connectivity index (χ1) is 22.9. The highest BCUT2D eigenvalue weighted by atomic mass is 16.6. The molecule has 0 aliphatic carbocycles. The third-order valence-electron chi connectivity index (χ3n) is 10.3. The van der Waals surface area contributed by atoms with Crippen molar-refractivity contribution in [1.82, 2.24) is 39.7 Å². The van der Waals surface area contributed by atoms with Crippen molar-refractivity contribution < 1.29 is 14.3 Å². The van der Waals surface area contributed by atoms with E-state index in [1.807, 2.05) is 60.5 Å². The fourth-order valence-corrected chi connectivity index (χ4v) is 7.61. The average Bonchev–Trinajstić information content (AvgIpc) is 3.76. The number of nitrogens with zero attached hydrogens (tertiary/aromatic N) is 6. The van der Waals surface area contributed by atoms with Crippen molar-refractivity contribution in [1.29, 1.82) is 0 Å². The maximum Gasteiger partial charge on any atom is 0.410 e. The number of carbonyl (C=O) groups excluding carboxylic acids is 2. The van der Waals surface area contributed by atoms with Crippen molar-refractivity contribution in [3.05, 3.63) is 70.3 Å². The highest BCUT2D eigenvalue weighted by Crippen LogP contribution is 2.26. The van der Waals surface area contributed by atoms with E-state index in [1.54, 1.807) is 9.47 Å². The van der Waals surface area contributed by atoms with Crippen molar-refractivity contribution >= 4 is 23.0 Å². The van der Waals surface area contributed by atoms with Crippen LogP contribution in [0.2, 0.25) is 0 Å². The van der Waals surface area contributed by atoms with Gasteiger partial charge in [-0.25, -0.2) is 9.59 Å². The molecule has 7 rings (SSSR count). The van der Waals surface area contributed by atoms with E-state index >= 15 is 0 Å². The molecular formula is C35H44N8O4. The fourth-order valence-electron chi connectivity index (χ4n) is 7.61. The number of aryl methyl sites for hydroxylation is 1. The van der Waals surface area contributed by atoms with Gasteiger partial charge in [-0.05, 0) is 81.3 Å². The number of carbonyl (C=O) groups is 2. The van der Waals surface area contributed by atoms with Crippen LogP contribution in [0, 0.1) is 6.92 Å². The number of aromatic nitrogens is 5. The Hall–Kier alpha value is -4.45. The van der Waals surface area contributed by atoms with E-state index in [-0.39, 0.29) is 24.1 Å². The molecule has 12 heteroatoms. The number of aromatic amines is 2. The van der Waals surface area contributed by atoms with Crippen molar-refractivity contribution in [3.8, 4) is 11.3 Å². The van der Waals surface area contributed by atoms with E-state index in [0.29, 0.717) is 45.1 Å². The van der Waals surface area contributed by atoms with Crippen LogP contribution in [0.3, 0.4) is 0 Å². The van der Waals surface area contributed by atoms with Gasteiger partial charge in [-0.2, -0.15) is 0 Å². The van der Waals surface area contributed by atoms with Crippen LogP contribution in [0.15, 0.2) is 53.5 Å². The van der Waals surface area contributed by atoms with Gasteiger partial charge < -0.3 is 24.4 Å². The van der Waals surface area contributed by atoms with Crippen LogP contribution in [0.5, 0.6) is 0 Å². The van der Waals surface area contributed by atoms with Crippen LogP contribution in [-0.2, 0) is 16.0 Å². The van der Waals surface area contributed by atoms with Crippen molar-refractivity contribution in [2.75, 3.05) is 39.3 Å². The second-order valence-electron chi connectivity index (χ2n) is 13.3. The third-order valence-corrected chi connectivity index (χ3v) is 10.3. The van der Waals surface area contributed by atoms with E-state index in [2.05, 4.69) is 25.3 Å². The molecule has 2 amide bonds. The number of fused-ring (bicyclic) bond motifs is 1. The number of likely N-dealkylation sites (tertiary alicyclic amines) is 3. The van der Waals surface area contributed by atoms with Gasteiger partial charge in [0, 0.05) is 50.9 Å². The summed E-state index contributed by atoms with van der Waals surface area (Å²) >= 11 is 0. The molecule has 3 aliphatic rings. The zero-order valence-electron chi connectivity index (χ0n) is 27.1. The largest absolute Gasteiger partial charge is 0.436 e. The van der Waals surface area contributed by atoms with E-state index in [1.165, 1.54) is 19.3 Å². The molecule has 1 unspecified atom stereocenters. The molecule has 0 radical (unpaired) electrons. The number of rotatable bonds is 7. The summed E-state index contributed by atoms with van der Waals surface area (Å²) in [6, 6.07) is 14.2. The van der Waals surface area contributed by atoms with Gasteiger partial charge in [0.1, 0.15) is 5.52 Å². The van der Waals surface area contributed by atoms with Gasteiger partial charge in [0.05, 0.1) is 11.2 Å². The van der Waals surface area contributed by atoms with Crippen molar-refractivity contribution in [2.45, 2.75) is 76.5 Å². The van der Waals surface area contributed by atoms with Crippen LogP contribution in [0.4, 0.5) is 4.79 Å². The molecule has 0 saturated carbocycles. The Bertz CT molecular complexity index is 1740. The second-order valence-corrected chi connectivity index (χ2v) is 13.3. The second kappa shape index (κ2) is 13.7. The van der Waals surface area contributed by atoms with Gasteiger partial charge in [0.25, 0.3) is 5.91 Å². The lowest BCUT2D eigenvalue weighted by Crippen LogP contribution is -2.52. The van der Waals surface area contributed by atoms with Crippen LogP contribution in [-0.4, -0.2) is 103 Å². The Balaban J connectivity index is 1.02. The summed E-state index contributed by atoms with van der Waals surface area (Å²) in [5, 5.41) is 11.0. The number of nitrogens with one attached hydrogen (secondary N) is 2. The molecule has 2 N–H and O–H groups in total. The van der Waals surface area contributed by atoms with E-state index in [9.17, 15) is 14.4 Å². The first-order valence-corrected chi connectivity index (χ1v) is 17.1. The molecule has 47 heavy (non-hydrogen) atoms. The standard InChI is InChI=1S/C35H44N8O4/c1-24-20-25(21-29-32(24)38-39-37-29)22-31(33(44)41-16-10-27(11-17-41)40-14-6-3-7-15-40)47-35(46)42-18-12-28(13-19-42)43-23-30(36-34(43)45)26-8-4-2-5-9-26/h2,4-5,8-9,20-21,23,27-28,31H,3,6-7,10-19,22H2,1H3,(H,36,45)(H,37,38,39). The zero-order valence-corrected chi connectivity index (χ0v) is 27.1. The third kappa shape index (κ3) is 6.83.